The Kier molecular flexibility index (Phi) is 5.67. The predicted octanol–water partition coefficient (Wildman–Crippen LogP) is 2.84. The predicted molar refractivity (Wildman–Crippen MR) is 71.8 cm³/mol. The van der Waals surface area contributed by atoms with Crippen molar-refractivity contribution in [3.63, 3.8) is 0 Å². The van der Waals surface area contributed by atoms with Crippen molar-refractivity contribution < 1.29 is 4.79 Å². The van der Waals surface area contributed by atoms with E-state index in [0.29, 0.717) is 23.7 Å². The molecular formula is C13H25NOS. The molecule has 1 fully saturated rings. The van der Waals surface area contributed by atoms with Crippen LogP contribution in [0, 0.1) is 17.8 Å². The Morgan fingerprint density at radius 2 is 2.06 bits per heavy atom. The van der Waals surface area contributed by atoms with Crippen molar-refractivity contribution in [2.24, 2.45) is 17.8 Å². The number of hydrogen-bond acceptors (Lipinski definition) is 2. The van der Waals surface area contributed by atoms with Gasteiger partial charge in [-0.1, -0.05) is 20.8 Å². The van der Waals surface area contributed by atoms with Crippen LogP contribution < -0.4 is 0 Å². The molecule has 0 saturated carbocycles. The highest BCUT2D eigenvalue weighted by Crippen LogP contribution is 2.25. The molecule has 2 atom stereocenters. The molecule has 0 N–H and O–H groups in total. The van der Waals surface area contributed by atoms with Crippen molar-refractivity contribution in [3.8, 4) is 0 Å². The third kappa shape index (κ3) is 4.00. The number of rotatable bonds is 6. The molecule has 0 aromatic heterocycles. The standard InChI is InChI=1S/C13H25NOS/c1-10(2)12-8-13(15)14(9-12)6-4-11(3)5-7-16/h10-12,16H,4-9H2,1-3H3. The van der Waals surface area contributed by atoms with Gasteiger partial charge >= 0.3 is 0 Å². The summed E-state index contributed by atoms with van der Waals surface area (Å²) < 4.78 is 0. The summed E-state index contributed by atoms with van der Waals surface area (Å²) in [6.45, 7) is 8.59. The third-order valence-corrected chi connectivity index (χ3v) is 3.96. The normalized spacial score (nSPS) is 23.2. The minimum Gasteiger partial charge on any atom is -0.342 e. The van der Waals surface area contributed by atoms with Gasteiger partial charge in [-0.15, -0.1) is 0 Å². The molecule has 0 radical (unpaired) electrons. The zero-order valence-corrected chi connectivity index (χ0v) is 11.7. The quantitative estimate of drug-likeness (QED) is 0.711. The smallest absolute Gasteiger partial charge is 0.222 e. The van der Waals surface area contributed by atoms with E-state index in [1.165, 1.54) is 0 Å². The first-order valence-corrected chi connectivity index (χ1v) is 7.06. The molecule has 2 nitrogen and oxygen atoms in total. The van der Waals surface area contributed by atoms with Gasteiger partial charge in [-0.3, -0.25) is 4.79 Å². The molecule has 2 unspecified atom stereocenters. The fourth-order valence-corrected chi connectivity index (χ4v) is 2.65. The highest BCUT2D eigenvalue weighted by molar-refractivity contribution is 7.80. The molecule has 1 aliphatic rings. The summed E-state index contributed by atoms with van der Waals surface area (Å²) in [5, 5.41) is 0. The lowest BCUT2D eigenvalue weighted by Crippen LogP contribution is -2.28. The van der Waals surface area contributed by atoms with Crippen molar-refractivity contribution in [1.29, 1.82) is 0 Å². The summed E-state index contributed by atoms with van der Waals surface area (Å²) in [6, 6.07) is 0. The topological polar surface area (TPSA) is 20.3 Å². The van der Waals surface area contributed by atoms with E-state index < -0.39 is 0 Å². The van der Waals surface area contributed by atoms with Gasteiger partial charge in [0.15, 0.2) is 0 Å². The second-order valence-corrected chi connectivity index (χ2v) is 5.90. The van der Waals surface area contributed by atoms with E-state index in [-0.39, 0.29) is 0 Å². The number of hydrogen-bond donors (Lipinski definition) is 1. The van der Waals surface area contributed by atoms with Crippen molar-refractivity contribution in [1.82, 2.24) is 4.90 Å². The molecule has 1 saturated heterocycles. The number of nitrogens with zero attached hydrogens (tertiary/aromatic N) is 1. The molecule has 1 heterocycles. The SMILES string of the molecule is CC(CCS)CCN1CC(C(C)C)CC1=O. The Morgan fingerprint density at radius 1 is 1.38 bits per heavy atom. The van der Waals surface area contributed by atoms with Gasteiger partial charge in [0.05, 0.1) is 0 Å². The lowest BCUT2D eigenvalue weighted by Gasteiger charge is -2.20. The van der Waals surface area contributed by atoms with Crippen LogP contribution in [0.5, 0.6) is 0 Å². The first-order chi connectivity index (χ1) is 7.54. The van der Waals surface area contributed by atoms with Gasteiger partial charge in [0.2, 0.25) is 5.91 Å². The molecule has 0 aliphatic carbocycles. The number of thiol groups is 1. The number of carbonyl (C=O) groups excluding carboxylic acids is 1. The van der Waals surface area contributed by atoms with Crippen LogP contribution in [0.4, 0.5) is 0 Å². The molecule has 94 valence electrons. The fraction of sp³-hybridized carbons (Fsp3) is 0.923. The Labute approximate surface area is 105 Å². The summed E-state index contributed by atoms with van der Waals surface area (Å²) in [5.74, 6) is 3.20. The largest absolute Gasteiger partial charge is 0.342 e. The van der Waals surface area contributed by atoms with E-state index in [4.69, 9.17) is 0 Å². The number of carbonyl (C=O) groups is 1. The maximum Gasteiger partial charge on any atom is 0.222 e. The minimum atomic E-state index is 0.358. The summed E-state index contributed by atoms with van der Waals surface area (Å²) in [5.41, 5.74) is 0. The molecule has 16 heavy (non-hydrogen) atoms. The number of amides is 1. The Balaban J connectivity index is 2.30. The maximum atomic E-state index is 11.8. The second kappa shape index (κ2) is 6.53. The van der Waals surface area contributed by atoms with Crippen LogP contribution in [-0.4, -0.2) is 29.6 Å². The Hall–Kier alpha value is -0.180. The monoisotopic (exact) mass is 243 g/mol. The molecule has 3 heteroatoms. The summed E-state index contributed by atoms with van der Waals surface area (Å²) >= 11 is 4.24. The van der Waals surface area contributed by atoms with E-state index >= 15 is 0 Å². The molecule has 0 bridgehead atoms. The summed E-state index contributed by atoms with van der Waals surface area (Å²) in [4.78, 5) is 13.8. The minimum absolute atomic E-state index is 0.358. The van der Waals surface area contributed by atoms with Crippen LogP contribution in [0.3, 0.4) is 0 Å². The summed E-state index contributed by atoms with van der Waals surface area (Å²) in [6.07, 6.45) is 3.04. The highest BCUT2D eigenvalue weighted by Gasteiger charge is 2.30. The van der Waals surface area contributed by atoms with Crippen LogP contribution in [0.25, 0.3) is 0 Å². The Morgan fingerprint density at radius 3 is 2.56 bits per heavy atom. The van der Waals surface area contributed by atoms with Crippen molar-refractivity contribution >= 4 is 18.5 Å². The zero-order valence-electron chi connectivity index (χ0n) is 10.8. The van der Waals surface area contributed by atoms with E-state index in [2.05, 4.69) is 38.3 Å². The molecule has 1 rings (SSSR count). The molecule has 0 aromatic rings. The van der Waals surface area contributed by atoms with Crippen molar-refractivity contribution in [2.45, 2.75) is 40.0 Å². The second-order valence-electron chi connectivity index (χ2n) is 5.45. The molecule has 0 spiro atoms. The van der Waals surface area contributed by atoms with E-state index in [0.717, 1.165) is 38.1 Å². The van der Waals surface area contributed by atoms with Crippen LogP contribution in [0.15, 0.2) is 0 Å². The lowest BCUT2D eigenvalue weighted by atomic mass is 9.95. The molecular weight excluding hydrogens is 218 g/mol. The van der Waals surface area contributed by atoms with E-state index in [9.17, 15) is 4.79 Å². The average Bonchev–Trinajstić information content (AvgIpc) is 2.58. The van der Waals surface area contributed by atoms with Gasteiger partial charge in [0.1, 0.15) is 0 Å². The van der Waals surface area contributed by atoms with Crippen molar-refractivity contribution in [3.05, 3.63) is 0 Å². The van der Waals surface area contributed by atoms with Crippen LogP contribution in [-0.2, 0) is 4.79 Å². The maximum absolute atomic E-state index is 11.8. The highest BCUT2D eigenvalue weighted by atomic mass is 32.1. The fourth-order valence-electron chi connectivity index (χ4n) is 2.21. The third-order valence-electron chi connectivity index (χ3n) is 3.70. The lowest BCUT2D eigenvalue weighted by molar-refractivity contribution is -0.127. The molecule has 0 aromatic carbocycles. The molecule has 1 amide bonds. The van der Waals surface area contributed by atoms with E-state index in [1.54, 1.807) is 0 Å². The van der Waals surface area contributed by atoms with Gasteiger partial charge in [0, 0.05) is 19.5 Å². The first kappa shape index (κ1) is 13.9. The van der Waals surface area contributed by atoms with Gasteiger partial charge < -0.3 is 4.90 Å². The van der Waals surface area contributed by atoms with Gasteiger partial charge in [-0.05, 0) is 36.3 Å². The zero-order chi connectivity index (χ0) is 12.1. The van der Waals surface area contributed by atoms with Crippen LogP contribution in [0.1, 0.15) is 40.0 Å². The van der Waals surface area contributed by atoms with Gasteiger partial charge in [-0.2, -0.15) is 12.6 Å². The van der Waals surface area contributed by atoms with Crippen LogP contribution >= 0.6 is 12.6 Å². The average molecular weight is 243 g/mol. The molecule has 1 aliphatic heterocycles. The first-order valence-electron chi connectivity index (χ1n) is 6.43. The van der Waals surface area contributed by atoms with Crippen LogP contribution in [0.2, 0.25) is 0 Å². The van der Waals surface area contributed by atoms with Crippen molar-refractivity contribution in [2.75, 3.05) is 18.8 Å². The van der Waals surface area contributed by atoms with E-state index in [1.807, 2.05) is 0 Å². The summed E-state index contributed by atoms with van der Waals surface area (Å²) in [7, 11) is 0. The number of likely N-dealkylation sites (tertiary alicyclic amines) is 1. The van der Waals surface area contributed by atoms with Gasteiger partial charge in [0.25, 0.3) is 0 Å². The Bertz CT molecular complexity index is 230. The van der Waals surface area contributed by atoms with Gasteiger partial charge in [-0.25, -0.2) is 0 Å².